The zero-order valence-corrected chi connectivity index (χ0v) is 15.9. The summed E-state index contributed by atoms with van der Waals surface area (Å²) < 4.78 is 16.0. The third kappa shape index (κ3) is 4.75. The van der Waals surface area contributed by atoms with E-state index in [2.05, 4.69) is 10.2 Å². The van der Waals surface area contributed by atoms with Crippen molar-refractivity contribution in [3.05, 3.63) is 59.7 Å². The van der Waals surface area contributed by atoms with Crippen LogP contribution in [0.4, 0.5) is 11.4 Å². The molecular weight excluding hydrogens is 372 g/mol. The molecule has 2 aliphatic rings. The standard InChI is InChI=1S/C22H22N2O5/c25-21(23-18-5-7-19(8-6-18)24-9-11-27-12-10-24)15-29-22(26)17-13-16-3-1-2-4-20(16)28-14-17/h1-8,13H,9-12,14-15H2,(H,23,25). The van der Waals surface area contributed by atoms with Crippen molar-refractivity contribution < 1.29 is 23.8 Å². The molecule has 1 N–H and O–H groups in total. The Morgan fingerprint density at radius 3 is 2.59 bits per heavy atom. The maximum Gasteiger partial charge on any atom is 0.338 e. The molecule has 150 valence electrons. The minimum atomic E-state index is -0.558. The largest absolute Gasteiger partial charge is 0.488 e. The molecule has 1 saturated heterocycles. The summed E-state index contributed by atoms with van der Waals surface area (Å²) in [5, 5.41) is 2.74. The highest BCUT2D eigenvalue weighted by Crippen LogP contribution is 2.26. The summed E-state index contributed by atoms with van der Waals surface area (Å²) in [6.45, 7) is 2.91. The normalized spacial score (nSPS) is 15.6. The Morgan fingerprint density at radius 1 is 1.03 bits per heavy atom. The van der Waals surface area contributed by atoms with Crippen LogP contribution >= 0.6 is 0 Å². The molecule has 0 saturated carbocycles. The number of benzene rings is 2. The second kappa shape index (κ2) is 8.79. The van der Waals surface area contributed by atoms with Crippen molar-refractivity contribution in [2.45, 2.75) is 0 Å². The number of nitrogens with one attached hydrogen (secondary N) is 1. The van der Waals surface area contributed by atoms with Crippen molar-refractivity contribution in [1.29, 1.82) is 0 Å². The molecule has 0 radical (unpaired) electrons. The first-order valence-electron chi connectivity index (χ1n) is 9.51. The molecular formula is C22H22N2O5. The number of hydrogen-bond donors (Lipinski definition) is 1. The van der Waals surface area contributed by atoms with Gasteiger partial charge in [-0.05, 0) is 36.4 Å². The van der Waals surface area contributed by atoms with Crippen LogP contribution in [0.15, 0.2) is 54.1 Å². The van der Waals surface area contributed by atoms with E-state index in [1.165, 1.54) is 0 Å². The highest BCUT2D eigenvalue weighted by Gasteiger charge is 2.19. The lowest BCUT2D eigenvalue weighted by atomic mass is 10.1. The SMILES string of the molecule is O=C(COC(=O)C1=Cc2ccccc2OC1)Nc1ccc(N2CCOCC2)cc1. The number of amides is 1. The lowest BCUT2D eigenvalue weighted by Gasteiger charge is -2.28. The van der Waals surface area contributed by atoms with Crippen molar-refractivity contribution >= 4 is 29.3 Å². The summed E-state index contributed by atoms with van der Waals surface area (Å²) in [5.74, 6) is -0.227. The quantitative estimate of drug-likeness (QED) is 0.786. The number of fused-ring (bicyclic) bond motifs is 1. The Morgan fingerprint density at radius 2 is 1.79 bits per heavy atom. The van der Waals surface area contributed by atoms with Gasteiger partial charge in [0.25, 0.3) is 5.91 Å². The highest BCUT2D eigenvalue weighted by atomic mass is 16.5. The van der Waals surface area contributed by atoms with E-state index in [0.29, 0.717) is 11.3 Å². The molecule has 0 aliphatic carbocycles. The number of ether oxygens (including phenoxy) is 3. The summed E-state index contributed by atoms with van der Waals surface area (Å²) in [6, 6.07) is 15.0. The van der Waals surface area contributed by atoms with Gasteiger partial charge < -0.3 is 24.4 Å². The van der Waals surface area contributed by atoms with E-state index >= 15 is 0 Å². The van der Waals surface area contributed by atoms with Crippen molar-refractivity contribution in [2.24, 2.45) is 0 Å². The number of carbonyl (C=O) groups is 2. The molecule has 29 heavy (non-hydrogen) atoms. The number of esters is 1. The maximum absolute atomic E-state index is 12.2. The number of anilines is 2. The Bertz CT molecular complexity index is 917. The van der Waals surface area contributed by atoms with Gasteiger partial charge in [0.1, 0.15) is 12.4 Å². The van der Waals surface area contributed by atoms with E-state index in [1.54, 1.807) is 6.08 Å². The van der Waals surface area contributed by atoms with Crippen LogP contribution < -0.4 is 15.0 Å². The van der Waals surface area contributed by atoms with E-state index in [4.69, 9.17) is 14.2 Å². The van der Waals surface area contributed by atoms with Crippen molar-refractivity contribution in [3.63, 3.8) is 0 Å². The van der Waals surface area contributed by atoms with Gasteiger partial charge in [-0.1, -0.05) is 18.2 Å². The molecule has 1 amide bonds. The first kappa shape index (κ1) is 19.0. The van der Waals surface area contributed by atoms with E-state index in [-0.39, 0.29) is 13.2 Å². The second-order valence-electron chi connectivity index (χ2n) is 6.77. The van der Waals surface area contributed by atoms with Crippen LogP contribution in [0.3, 0.4) is 0 Å². The molecule has 0 unspecified atom stereocenters. The van der Waals surface area contributed by atoms with Crippen LogP contribution in [0.1, 0.15) is 5.56 Å². The third-order valence-corrected chi connectivity index (χ3v) is 4.76. The van der Waals surface area contributed by atoms with Gasteiger partial charge in [0.05, 0.1) is 18.8 Å². The predicted molar refractivity (Wildman–Crippen MR) is 109 cm³/mol. The van der Waals surface area contributed by atoms with Gasteiger partial charge in [-0.15, -0.1) is 0 Å². The number of hydrogen-bond acceptors (Lipinski definition) is 6. The van der Waals surface area contributed by atoms with Crippen LogP contribution in [0.2, 0.25) is 0 Å². The summed E-state index contributed by atoms with van der Waals surface area (Å²) in [4.78, 5) is 26.6. The highest BCUT2D eigenvalue weighted by molar-refractivity contribution is 5.98. The van der Waals surface area contributed by atoms with Gasteiger partial charge in [-0.3, -0.25) is 4.79 Å². The van der Waals surface area contributed by atoms with Gasteiger partial charge in [-0.25, -0.2) is 4.79 Å². The molecule has 2 aromatic carbocycles. The lowest BCUT2D eigenvalue weighted by Crippen LogP contribution is -2.36. The second-order valence-corrected chi connectivity index (χ2v) is 6.77. The van der Waals surface area contributed by atoms with Crippen LogP contribution in [-0.2, 0) is 19.1 Å². The number of rotatable bonds is 5. The van der Waals surface area contributed by atoms with Crippen molar-refractivity contribution in [3.8, 4) is 5.75 Å². The van der Waals surface area contributed by atoms with Crippen LogP contribution in [0, 0.1) is 0 Å². The molecule has 0 bridgehead atoms. The Kier molecular flexibility index (Phi) is 5.76. The van der Waals surface area contributed by atoms with Gasteiger partial charge >= 0.3 is 5.97 Å². The van der Waals surface area contributed by atoms with E-state index < -0.39 is 11.9 Å². The fourth-order valence-electron chi connectivity index (χ4n) is 3.23. The predicted octanol–water partition coefficient (Wildman–Crippen LogP) is 2.48. The van der Waals surface area contributed by atoms with Crippen LogP contribution in [-0.4, -0.2) is 51.4 Å². The molecule has 0 aromatic heterocycles. The first-order chi connectivity index (χ1) is 14.2. The molecule has 2 heterocycles. The Labute approximate surface area is 168 Å². The average molecular weight is 394 g/mol. The zero-order valence-electron chi connectivity index (χ0n) is 15.9. The minimum Gasteiger partial charge on any atom is -0.488 e. The fourth-order valence-corrected chi connectivity index (χ4v) is 3.23. The van der Waals surface area contributed by atoms with Gasteiger partial charge in [0.2, 0.25) is 0 Å². The van der Waals surface area contributed by atoms with E-state index in [9.17, 15) is 9.59 Å². The van der Waals surface area contributed by atoms with Gasteiger partial charge in [0.15, 0.2) is 6.61 Å². The zero-order chi connectivity index (χ0) is 20.1. The Balaban J connectivity index is 1.28. The van der Waals surface area contributed by atoms with E-state index in [1.807, 2.05) is 48.5 Å². The molecule has 7 heteroatoms. The summed E-state index contributed by atoms with van der Waals surface area (Å²) >= 11 is 0. The number of carbonyl (C=O) groups excluding carboxylic acids is 2. The summed E-state index contributed by atoms with van der Waals surface area (Å²) in [5.41, 5.74) is 2.93. The molecule has 0 spiro atoms. The molecule has 2 aliphatic heterocycles. The third-order valence-electron chi connectivity index (χ3n) is 4.76. The number of para-hydroxylation sites is 1. The molecule has 7 nitrogen and oxygen atoms in total. The topological polar surface area (TPSA) is 77.1 Å². The smallest absolute Gasteiger partial charge is 0.338 e. The maximum atomic E-state index is 12.2. The number of nitrogens with zero attached hydrogens (tertiary/aromatic N) is 1. The molecule has 4 rings (SSSR count). The fraction of sp³-hybridized carbons (Fsp3) is 0.273. The van der Waals surface area contributed by atoms with Crippen molar-refractivity contribution in [1.82, 2.24) is 0 Å². The van der Waals surface area contributed by atoms with Crippen molar-refractivity contribution in [2.75, 3.05) is 49.7 Å². The first-order valence-corrected chi connectivity index (χ1v) is 9.51. The average Bonchev–Trinajstić information content (AvgIpc) is 2.78. The minimum absolute atomic E-state index is 0.125. The Hall–Kier alpha value is -3.32. The molecule has 0 atom stereocenters. The van der Waals surface area contributed by atoms with E-state index in [0.717, 1.165) is 43.3 Å². The number of morpholine rings is 1. The van der Waals surface area contributed by atoms with Gasteiger partial charge in [0, 0.05) is 30.0 Å². The van der Waals surface area contributed by atoms with Crippen LogP contribution in [0.25, 0.3) is 6.08 Å². The van der Waals surface area contributed by atoms with Gasteiger partial charge in [-0.2, -0.15) is 0 Å². The molecule has 2 aromatic rings. The summed E-state index contributed by atoms with van der Waals surface area (Å²) in [6.07, 6.45) is 1.73. The van der Waals surface area contributed by atoms with Crippen LogP contribution in [0.5, 0.6) is 5.75 Å². The monoisotopic (exact) mass is 394 g/mol. The summed E-state index contributed by atoms with van der Waals surface area (Å²) in [7, 11) is 0. The lowest BCUT2D eigenvalue weighted by molar-refractivity contribution is -0.143. The molecule has 1 fully saturated rings.